The SMILES string of the molecule is CCCC(N)(CCC)c1ccccc1CC. The first-order valence-corrected chi connectivity index (χ1v) is 6.55. The molecule has 0 heterocycles. The lowest BCUT2D eigenvalue weighted by molar-refractivity contribution is 0.367. The van der Waals surface area contributed by atoms with Gasteiger partial charge in [-0.3, -0.25) is 0 Å². The second-order valence-electron chi connectivity index (χ2n) is 4.67. The van der Waals surface area contributed by atoms with Gasteiger partial charge in [-0.15, -0.1) is 0 Å². The Morgan fingerprint density at radius 2 is 1.56 bits per heavy atom. The van der Waals surface area contributed by atoms with Gasteiger partial charge >= 0.3 is 0 Å². The van der Waals surface area contributed by atoms with E-state index in [0.717, 1.165) is 32.1 Å². The van der Waals surface area contributed by atoms with Crippen LogP contribution in [-0.2, 0) is 12.0 Å². The fraction of sp³-hybridized carbons (Fsp3) is 0.600. The summed E-state index contributed by atoms with van der Waals surface area (Å²) in [6, 6.07) is 8.65. The van der Waals surface area contributed by atoms with Gasteiger partial charge in [0.25, 0.3) is 0 Å². The molecule has 1 heteroatoms. The van der Waals surface area contributed by atoms with Crippen LogP contribution >= 0.6 is 0 Å². The second kappa shape index (κ2) is 6.05. The lowest BCUT2D eigenvalue weighted by Gasteiger charge is -2.31. The minimum absolute atomic E-state index is 0.115. The van der Waals surface area contributed by atoms with Crippen LogP contribution in [0.4, 0.5) is 0 Å². The topological polar surface area (TPSA) is 26.0 Å². The highest BCUT2D eigenvalue weighted by Crippen LogP contribution is 2.31. The van der Waals surface area contributed by atoms with Crippen molar-refractivity contribution in [1.29, 1.82) is 0 Å². The van der Waals surface area contributed by atoms with Crippen molar-refractivity contribution in [3.8, 4) is 0 Å². The fourth-order valence-electron chi connectivity index (χ4n) is 2.60. The normalized spacial score (nSPS) is 11.8. The number of benzene rings is 1. The Morgan fingerprint density at radius 3 is 2.06 bits per heavy atom. The van der Waals surface area contributed by atoms with Crippen LogP contribution in [0.25, 0.3) is 0 Å². The predicted molar refractivity (Wildman–Crippen MR) is 71.5 cm³/mol. The third-order valence-electron chi connectivity index (χ3n) is 3.33. The summed E-state index contributed by atoms with van der Waals surface area (Å²) in [6.45, 7) is 6.63. The Bertz CT molecular complexity index is 311. The van der Waals surface area contributed by atoms with Crippen LogP contribution in [0.15, 0.2) is 24.3 Å². The number of rotatable bonds is 6. The molecule has 16 heavy (non-hydrogen) atoms. The first-order valence-electron chi connectivity index (χ1n) is 6.55. The minimum atomic E-state index is -0.115. The molecule has 0 radical (unpaired) electrons. The smallest absolute Gasteiger partial charge is 0.0412 e. The van der Waals surface area contributed by atoms with Crippen molar-refractivity contribution in [3.05, 3.63) is 35.4 Å². The van der Waals surface area contributed by atoms with Crippen LogP contribution in [0.5, 0.6) is 0 Å². The average molecular weight is 219 g/mol. The van der Waals surface area contributed by atoms with Gasteiger partial charge in [-0.25, -0.2) is 0 Å². The molecular formula is C15H25N. The molecule has 0 amide bonds. The van der Waals surface area contributed by atoms with Gasteiger partial charge in [0.1, 0.15) is 0 Å². The Labute approximate surface area is 100 Å². The van der Waals surface area contributed by atoms with Crippen LogP contribution in [0.2, 0.25) is 0 Å². The molecule has 0 aliphatic rings. The van der Waals surface area contributed by atoms with Crippen molar-refractivity contribution in [3.63, 3.8) is 0 Å². The van der Waals surface area contributed by atoms with E-state index in [1.165, 1.54) is 11.1 Å². The quantitative estimate of drug-likeness (QED) is 0.769. The summed E-state index contributed by atoms with van der Waals surface area (Å²) in [6.07, 6.45) is 5.53. The van der Waals surface area contributed by atoms with Crippen molar-refractivity contribution in [2.45, 2.75) is 58.4 Å². The van der Waals surface area contributed by atoms with E-state index in [2.05, 4.69) is 45.0 Å². The van der Waals surface area contributed by atoms with Crippen molar-refractivity contribution in [2.75, 3.05) is 0 Å². The third kappa shape index (κ3) is 2.85. The highest BCUT2D eigenvalue weighted by molar-refractivity contribution is 5.33. The van der Waals surface area contributed by atoms with Gasteiger partial charge in [-0.2, -0.15) is 0 Å². The maximum absolute atomic E-state index is 6.62. The van der Waals surface area contributed by atoms with Crippen LogP contribution in [0.3, 0.4) is 0 Å². The molecule has 2 N–H and O–H groups in total. The Hall–Kier alpha value is -0.820. The molecule has 0 atom stereocenters. The molecule has 1 rings (SSSR count). The number of aryl methyl sites for hydroxylation is 1. The highest BCUT2D eigenvalue weighted by Gasteiger charge is 2.26. The van der Waals surface area contributed by atoms with E-state index >= 15 is 0 Å². The Morgan fingerprint density at radius 1 is 1.00 bits per heavy atom. The third-order valence-corrected chi connectivity index (χ3v) is 3.33. The predicted octanol–water partition coefficient (Wildman–Crippen LogP) is 4.00. The van der Waals surface area contributed by atoms with Crippen LogP contribution < -0.4 is 5.73 Å². The maximum Gasteiger partial charge on any atom is 0.0412 e. The summed E-state index contributed by atoms with van der Waals surface area (Å²) in [5.41, 5.74) is 9.27. The molecule has 0 aliphatic carbocycles. The van der Waals surface area contributed by atoms with Crippen molar-refractivity contribution >= 4 is 0 Å². The van der Waals surface area contributed by atoms with Gasteiger partial charge in [0, 0.05) is 5.54 Å². The van der Waals surface area contributed by atoms with Crippen LogP contribution in [0, 0.1) is 0 Å². The zero-order chi connectivity index (χ0) is 12.0. The van der Waals surface area contributed by atoms with Gasteiger partial charge in [0.2, 0.25) is 0 Å². The minimum Gasteiger partial charge on any atom is -0.321 e. The first-order chi connectivity index (χ1) is 7.68. The summed E-state index contributed by atoms with van der Waals surface area (Å²) < 4.78 is 0. The van der Waals surface area contributed by atoms with Gasteiger partial charge in [-0.1, -0.05) is 57.9 Å². The number of hydrogen-bond donors (Lipinski definition) is 1. The summed E-state index contributed by atoms with van der Waals surface area (Å²) in [7, 11) is 0. The Kier molecular flexibility index (Phi) is 5.01. The van der Waals surface area contributed by atoms with E-state index in [1.807, 2.05) is 0 Å². The van der Waals surface area contributed by atoms with E-state index in [-0.39, 0.29) is 5.54 Å². The maximum atomic E-state index is 6.62. The zero-order valence-electron chi connectivity index (χ0n) is 10.9. The number of nitrogens with two attached hydrogens (primary N) is 1. The largest absolute Gasteiger partial charge is 0.321 e. The standard InChI is InChI=1S/C15H25N/c1-4-11-15(16,12-5-2)14-10-8-7-9-13(14)6-3/h7-10H,4-6,11-12,16H2,1-3H3. The summed E-state index contributed by atoms with van der Waals surface area (Å²) in [4.78, 5) is 0. The molecule has 1 aromatic rings. The van der Waals surface area contributed by atoms with Gasteiger partial charge in [-0.05, 0) is 30.4 Å². The van der Waals surface area contributed by atoms with Crippen LogP contribution in [-0.4, -0.2) is 0 Å². The average Bonchev–Trinajstić information content (AvgIpc) is 2.29. The molecule has 1 aromatic carbocycles. The molecular weight excluding hydrogens is 194 g/mol. The lowest BCUT2D eigenvalue weighted by atomic mass is 9.80. The molecule has 0 aliphatic heterocycles. The molecule has 90 valence electrons. The van der Waals surface area contributed by atoms with Gasteiger partial charge < -0.3 is 5.73 Å². The van der Waals surface area contributed by atoms with Crippen molar-refractivity contribution < 1.29 is 0 Å². The fourth-order valence-corrected chi connectivity index (χ4v) is 2.60. The van der Waals surface area contributed by atoms with Crippen LogP contribution in [0.1, 0.15) is 57.6 Å². The van der Waals surface area contributed by atoms with Gasteiger partial charge in [0.15, 0.2) is 0 Å². The summed E-state index contributed by atoms with van der Waals surface area (Å²) in [5, 5.41) is 0. The monoisotopic (exact) mass is 219 g/mol. The zero-order valence-corrected chi connectivity index (χ0v) is 10.9. The number of hydrogen-bond acceptors (Lipinski definition) is 1. The van der Waals surface area contributed by atoms with Crippen molar-refractivity contribution in [2.24, 2.45) is 5.73 Å². The van der Waals surface area contributed by atoms with E-state index < -0.39 is 0 Å². The van der Waals surface area contributed by atoms with E-state index in [4.69, 9.17) is 5.73 Å². The molecule has 0 bridgehead atoms. The van der Waals surface area contributed by atoms with E-state index in [9.17, 15) is 0 Å². The van der Waals surface area contributed by atoms with Crippen molar-refractivity contribution in [1.82, 2.24) is 0 Å². The highest BCUT2D eigenvalue weighted by atomic mass is 14.7. The molecule has 0 saturated heterocycles. The first kappa shape index (κ1) is 13.2. The molecule has 0 saturated carbocycles. The summed E-state index contributed by atoms with van der Waals surface area (Å²) >= 11 is 0. The lowest BCUT2D eigenvalue weighted by Crippen LogP contribution is -2.37. The van der Waals surface area contributed by atoms with E-state index in [1.54, 1.807) is 0 Å². The second-order valence-corrected chi connectivity index (χ2v) is 4.67. The molecule has 0 fully saturated rings. The Balaban J connectivity index is 3.09. The molecule has 0 spiro atoms. The van der Waals surface area contributed by atoms with E-state index in [0.29, 0.717) is 0 Å². The molecule has 1 nitrogen and oxygen atoms in total. The van der Waals surface area contributed by atoms with Gasteiger partial charge in [0.05, 0.1) is 0 Å². The summed E-state index contributed by atoms with van der Waals surface area (Å²) in [5.74, 6) is 0. The molecule has 0 unspecified atom stereocenters. The molecule has 0 aromatic heterocycles.